The molecule has 0 aliphatic rings. The maximum Gasteiger partial charge on any atom is 0.123 e. The van der Waals surface area contributed by atoms with Crippen LogP contribution in [0.2, 0.25) is 0 Å². The number of hydrogen-bond acceptors (Lipinski definition) is 2. The summed E-state index contributed by atoms with van der Waals surface area (Å²) in [5, 5.41) is 3.28. The number of halogens is 1. The van der Waals surface area contributed by atoms with Crippen molar-refractivity contribution in [3.63, 3.8) is 0 Å². The average Bonchev–Trinajstić information content (AvgIpc) is 2.34. The minimum absolute atomic E-state index is 0.212. The summed E-state index contributed by atoms with van der Waals surface area (Å²) < 4.78 is 19.0. The summed E-state index contributed by atoms with van der Waals surface area (Å²) in [4.78, 5) is 0. The largest absolute Gasteiger partial charge is 0.493 e. The van der Waals surface area contributed by atoms with E-state index >= 15 is 0 Å². The molecule has 18 heavy (non-hydrogen) atoms. The minimum atomic E-state index is -0.212. The van der Waals surface area contributed by atoms with E-state index in [1.54, 1.807) is 12.1 Å². The van der Waals surface area contributed by atoms with Crippen LogP contribution < -0.4 is 10.1 Å². The van der Waals surface area contributed by atoms with E-state index in [2.05, 4.69) is 26.1 Å². The van der Waals surface area contributed by atoms with Crippen molar-refractivity contribution in [1.29, 1.82) is 0 Å². The minimum Gasteiger partial charge on any atom is -0.493 e. The van der Waals surface area contributed by atoms with E-state index < -0.39 is 0 Å². The van der Waals surface area contributed by atoms with Gasteiger partial charge in [-0.15, -0.1) is 0 Å². The van der Waals surface area contributed by atoms with Gasteiger partial charge >= 0.3 is 0 Å². The topological polar surface area (TPSA) is 21.3 Å². The number of ether oxygens (including phenoxy) is 1. The second kappa shape index (κ2) is 8.09. The highest BCUT2D eigenvalue weighted by molar-refractivity contribution is 5.33. The fraction of sp³-hybridized carbons (Fsp3) is 0.600. The van der Waals surface area contributed by atoms with Crippen LogP contribution in [0.3, 0.4) is 0 Å². The van der Waals surface area contributed by atoms with E-state index in [9.17, 15) is 4.39 Å². The Kier molecular flexibility index (Phi) is 6.73. The summed E-state index contributed by atoms with van der Waals surface area (Å²) in [6.45, 7) is 7.64. The molecule has 0 spiro atoms. The normalized spacial score (nSPS) is 10.9. The van der Waals surface area contributed by atoms with Gasteiger partial charge in [-0.1, -0.05) is 33.6 Å². The molecule has 0 heterocycles. The summed E-state index contributed by atoms with van der Waals surface area (Å²) in [7, 11) is 0. The van der Waals surface area contributed by atoms with Crippen LogP contribution in [0.4, 0.5) is 4.39 Å². The molecule has 1 N–H and O–H groups in total. The Bertz CT molecular complexity index is 352. The summed E-state index contributed by atoms with van der Waals surface area (Å²) in [6, 6.07) is 5.10. The van der Waals surface area contributed by atoms with Crippen molar-refractivity contribution in [3.8, 4) is 5.75 Å². The molecule has 0 fully saturated rings. The summed E-state index contributed by atoms with van der Waals surface area (Å²) in [5.74, 6) is 0.581. The number of rotatable bonds is 8. The molecule has 0 bridgehead atoms. The first kappa shape index (κ1) is 15.0. The van der Waals surface area contributed by atoms with Gasteiger partial charge in [-0.05, 0) is 24.6 Å². The van der Waals surface area contributed by atoms with Crippen LogP contribution in [0.1, 0.15) is 45.6 Å². The Morgan fingerprint density at radius 3 is 2.72 bits per heavy atom. The summed E-state index contributed by atoms with van der Waals surface area (Å²) >= 11 is 0. The van der Waals surface area contributed by atoms with Gasteiger partial charge < -0.3 is 10.1 Å². The molecular weight excluding hydrogens is 229 g/mol. The van der Waals surface area contributed by atoms with Gasteiger partial charge in [0.25, 0.3) is 0 Å². The zero-order valence-corrected chi connectivity index (χ0v) is 11.6. The molecule has 0 radical (unpaired) electrons. The van der Waals surface area contributed by atoms with Crippen molar-refractivity contribution >= 4 is 0 Å². The molecule has 0 saturated heterocycles. The lowest BCUT2D eigenvalue weighted by Gasteiger charge is -2.14. The third kappa shape index (κ3) is 5.50. The maximum absolute atomic E-state index is 13.2. The number of unbranched alkanes of at least 4 members (excludes halogenated alkanes) is 2. The van der Waals surface area contributed by atoms with Crippen LogP contribution in [-0.2, 0) is 6.54 Å². The second-order valence-electron chi connectivity index (χ2n) is 4.84. The zero-order chi connectivity index (χ0) is 13.4. The van der Waals surface area contributed by atoms with E-state index in [4.69, 9.17) is 4.74 Å². The summed E-state index contributed by atoms with van der Waals surface area (Å²) in [5.41, 5.74) is 0.889. The van der Waals surface area contributed by atoms with Crippen molar-refractivity contribution in [3.05, 3.63) is 29.6 Å². The average molecular weight is 253 g/mol. The molecule has 102 valence electrons. The first-order valence-electron chi connectivity index (χ1n) is 6.78. The van der Waals surface area contributed by atoms with Crippen LogP contribution in [-0.4, -0.2) is 12.6 Å². The van der Waals surface area contributed by atoms with Crippen molar-refractivity contribution < 1.29 is 9.13 Å². The monoisotopic (exact) mass is 253 g/mol. The molecule has 0 unspecified atom stereocenters. The fourth-order valence-electron chi connectivity index (χ4n) is 1.68. The van der Waals surface area contributed by atoms with Gasteiger partial charge in [0, 0.05) is 18.2 Å². The molecule has 1 aromatic rings. The van der Waals surface area contributed by atoms with E-state index in [1.165, 1.54) is 18.9 Å². The van der Waals surface area contributed by atoms with Gasteiger partial charge in [0.05, 0.1) is 6.61 Å². The van der Waals surface area contributed by atoms with Gasteiger partial charge in [0.2, 0.25) is 0 Å². The van der Waals surface area contributed by atoms with Crippen LogP contribution in [0, 0.1) is 5.82 Å². The van der Waals surface area contributed by atoms with Gasteiger partial charge in [0.15, 0.2) is 0 Å². The highest BCUT2D eigenvalue weighted by Crippen LogP contribution is 2.20. The van der Waals surface area contributed by atoms with Gasteiger partial charge in [0.1, 0.15) is 11.6 Å². The van der Waals surface area contributed by atoms with Gasteiger partial charge in [-0.3, -0.25) is 0 Å². The molecule has 0 aliphatic heterocycles. The van der Waals surface area contributed by atoms with Crippen LogP contribution in [0.15, 0.2) is 18.2 Å². The predicted molar refractivity (Wildman–Crippen MR) is 73.4 cm³/mol. The third-order valence-electron chi connectivity index (χ3n) is 2.73. The maximum atomic E-state index is 13.2. The number of nitrogens with one attached hydrogen (secondary N) is 1. The summed E-state index contributed by atoms with van der Waals surface area (Å²) in [6.07, 6.45) is 3.39. The first-order valence-corrected chi connectivity index (χ1v) is 6.78. The van der Waals surface area contributed by atoms with E-state index in [0.29, 0.717) is 19.2 Å². The highest BCUT2D eigenvalue weighted by atomic mass is 19.1. The Morgan fingerprint density at radius 1 is 1.28 bits per heavy atom. The molecule has 3 heteroatoms. The van der Waals surface area contributed by atoms with Crippen molar-refractivity contribution in [2.75, 3.05) is 6.61 Å². The molecule has 0 atom stereocenters. The Hall–Kier alpha value is -1.09. The molecule has 1 rings (SSSR count). The highest BCUT2D eigenvalue weighted by Gasteiger charge is 2.06. The standard InChI is InChI=1S/C15H24FNO/c1-4-5-6-9-18-15-8-7-14(16)10-13(15)11-17-12(2)3/h7-8,10,12,17H,4-6,9,11H2,1-3H3. The lowest BCUT2D eigenvalue weighted by Crippen LogP contribution is -2.22. The smallest absolute Gasteiger partial charge is 0.123 e. The molecule has 0 aromatic heterocycles. The molecule has 0 aliphatic carbocycles. The van der Waals surface area contributed by atoms with Crippen LogP contribution in [0.5, 0.6) is 5.75 Å². The van der Waals surface area contributed by atoms with Gasteiger partial charge in [-0.2, -0.15) is 0 Å². The van der Waals surface area contributed by atoms with E-state index in [0.717, 1.165) is 17.7 Å². The fourth-order valence-corrected chi connectivity index (χ4v) is 1.68. The Labute approximate surface area is 110 Å². The number of benzene rings is 1. The van der Waals surface area contributed by atoms with Crippen LogP contribution >= 0.6 is 0 Å². The van der Waals surface area contributed by atoms with E-state index in [-0.39, 0.29) is 5.82 Å². The lowest BCUT2D eigenvalue weighted by molar-refractivity contribution is 0.301. The SMILES string of the molecule is CCCCCOc1ccc(F)cc1CNC(C)C. The molecule has 2 nitrogen and oxygen atoms in total. The van der Waals surface area contributed by atoms with Crippen molar-refractivity contribution in [2.45, 2.75) is 52.6 Å². The van der Waals surface area contributed by atoms with Gasteiger partial charge in [-0.25, -0.2) is 4.39 Å². The van der Waals surface area contributed by atoms with Crippen molar-refractivity contribution in [2.24, 2.45) is 0 Å². The number of hydrogen-bond donors (Lipinski definition) is 1. The Balaban J connectivity index is 2.58. The van der Waals surface area contributed by atoms with E-state index in [1.807, 2.05) is 0 Å². The predicted octanol–water partition coefficient (Wildman–Crippen LogP) is 3.89. The first-order chi connectivity index (χ1) is 8.63. The Morgan fingerprint density at radius 2 is 2.06 bits per heavy atom. The lowest BCUT2D eigenvalue weighted by atomic mass is 10.2. The third-order valence-corrected chi connectivity index (χ3v) is 2.73. The molecule has 0 saturated carbocycles. The van der Waals surface area contributed by atoms with Crippen molar-refractivity contribution in [1.82, 2.24) is 5.32 Å². The molecule has 0 amide bonds. The molecular formula is C15H24FNO. The molecule has 1 aromatic carbocycles. The second-order valence-corrected chi connectivity index (χ2v) is 4.84. The van der Waals surface area contributed by atoms with Crippen LogP contribution in [0.25, 0.3) is 0 Å². The quantitative estimate of drug-likeness (QED) is 0.710. The zero-order valence-electron chi connectivity index (χ0n) is 11.6.